The molecule has 31 heavy (non-hydrogen) atoms. The van der Waals surface area contributed by atoms with E-state index in [4.69, 9.17) is 10.5 Å². The molecule has 7 nitrogen and oxygen atoms in total. The molecule has 0 bridgehead atoms. The molecule has 7 heteroatoms. The Morgan fingerprint density at radius 1 is 1.16 bits per heavy atom. The van der Waals surface area contributed by atoms with Crippen LogP contribution >= 0.6 is 0 Å². The van der Waals surface area contributed by atoms with Crippen molar-refractivity contribution in [3.8, 4) is 6.07 Å². The number of ether oxygens (including phenoxy) is 1. The number of hydrogen-bond donors (Lipinski definition) is 1. The molecule has 2 N–H and O–H groups in total. The molecule has 3 aliphatic rings. The molecular formula is C24H18N4O3. The smallest absolute Gasteiger partial charge is 0.338 e. The molecule has 3 aliphatic heterocycles. The normalized spacial score (nSPS) is 21.9. The second-order valence-corrected chi connectivity index (χ2v) is 7.41. The van der Waals surface area contributed by atoms with Gasteiger partial charge in [-0.15, -0.1) is 6.58 Å². The van der Waals surface area contributed by atoms with Crippen molar-refractivity contribution in [3.05, 3.63) is 95.5 Å². The first-order chi connectivity index (χ1) is 15.1. The number of rotatable bonds is 3. The fourth-order valence-electron chi connectivity index (χ4n) is 4.78. The third-order valence-corrected chi connectivity index (χ3v) is 5.95. The van der Waals surface area contributed by atoms with Gasteiger partial charge in [-0.1, -0.05) is 42.5 Å². The number of carbonyl (C=O) groups excluding carboxylic acids is 2. The SMILES string of the molecule is C=CCN1C(=O)[C@@]2(C(C#N)=C(N)N(c3ccccc3)C3=C2C(=O)OC3)c2ccccc21. The maximum atomic E-state index is 14.0. The molecule has 0 saturated carbocycles. The molecule has 0 aliphatic carbocycles. The highest BCUT2D eigenvalue weighted by Gasteiger charge is 2.63. The van der Waals surface area contributed by atoms with Gasteiger partial charge in [0, 0.05) is 23.5 Å². The van der Waals surface area contributed by atoms with Crippen molar-refractivity contribution in [1.29, 1.82) is 5.26 Å². The van der Waals surface area contributed by atoms with Gasteiger partial charge in [0.25, 0.3) is 0 Å². The van der Waals surface area contributed by atoms with E-state index in [1.165, 1.54) is 4.90 Å². The van der Waals surface area contributed by atoms with Crippen molar-refractivity contribution < 1.29 is 14.3 Å². The minimum absolute atomic E-state index is 0.0120. The lowest BCUT2D eigenvalue weighted by Gasteiger charge is -2.38. The summed E-state index contributed by atoms with van der Waals surface area (Å²) in [5, 5.41) is 10.2. The molecule has 1 spiro atoms. The fourth-order valence-corrected chi connectivity index (χ4v) is 4.78. The van der Waals surface area contributed by atoms with E-state index in [-0.39, 0.29) is 30.1 Å². The zero-order valence-corrected chi connectivity index (χ0v) is 16.5. The first-order valence-electron chi connectivity index (χ1n) is 9.76. The molecule has 2 aromatic carbocycles. The summed E-state index contributed by atoms with van der Waals surface area (Å²) in [5.74, 6) is -0.929. The van der Waals surface area contributed by atoms with Crippen LogP contribution in [0.3, 0.4) is 0 Å². The van der Waals surface area contributed by atoms with Crippen molar-refractivity contribution >= 4 is 23.3 Å². The summed E-state index contributed by atoms with van der Waals surface area (Å²) in [6.07, 6.45) is 1.61. The van der Waals surface area contributed by atoms with Crippen molar-refractivity contribution in [2.45, 2.75) is 5.41 Å². The van der Waals surface area contributed by atoms with Gasteiger partial charge in [-0.05, 0) is 18.2 Å². The monoisotopic (exact) mass is 410 g/mol. The quantitative estimate of drug-likeness (QED) is 0.616. The van der Waals surface area contributed by atoms with Crippen LogP contribution < -0.4 is 15.5 Å². The summed E-state index contributed by atoms with van der Waals surface area (Å²) in [5.41, 5.74) is 7.37. The van der Waals surface area contributed by atoms with Crippen molar-refractivity contribution in [2.75, 3.05) is 23.0 Å². The summed E-state index contributed by atoms with van der Waals surface area (Å²) < 4.78 is 5.40. The summed E-state index contributed by atoms with van der Waals surface area (Å²) in [6, 6.07) is 18.5. The number of benzene rings is 2. The van der Waals surface area contributed by atoms with E-state index in [1.807, 2.05) is 36.4 Å². The van der Waals surface area contributed by atoms with Gasteiger partial charge in [-0.25, -0.2) is 4.79 Å². The second-order valence-electron chi connectivity index (χ2n) is 7.41. The first-order valence-corrected chi connectivity index (χ1v) is 9.76. The Morgan fingerprint density at radius 3 is 2.58 bits per heavy atom. The molecule has 0 radical (unpaired) electrons. The summed E-state index contributed by atoms with van der Waals surface area (Å²) in [4.78, 5) is 30.2. The summed E-state index contributed by atoms with van der Waals surface area (Å²) >= 11 is 0. The average Bonchev–Trinajstić information content (AvgIpc) is 3.27. The van der Waals surface area contributed by atoms with Gasteiger partial charge >= 0.3 is 5.97 Å². The zero-order chi connectivity index (χ0) is 21.8. The number of carbonyl (C=O) groups is 2. The topological polar surface area (TPSA) is 99.7 Å². The maximum Gasteiger partial charge on any atom is 0.338 e. The molecule has 152 valence electrons. The van der Waals surface area contributed by atoms with Gasteiger partial charge in [0.15, 0.2) is 0 Å². The minimum atomic E-state index is -1.65. The van der Waals surface area contributed by atoms with Crippen molar-refractivity contribution in [3.63, 3.8) is 0 Å². The second kappa shape index (κ2) is 6.61. The molecule has 0 saturated heterocycles. The van der Waals surface area contributed by atoms with E-state index >= 15 is 0 Å². The maximum absolute atomic E-state index is 14.0. The number of cyclic esters (lactones) is 1. The number of amides is 1. The van der Waals surface area contributed by atoms with E-state index < -0.39 is 17.3 Å². The van der Waals surface area contributed by atoms with Crippen LogP contribution in [-0.2, 0) is 19.7 Å². The van der Waals surface area contributed by atoms with E-state index in [0.29, 0.717) is 22.6 Å². The lowest BCUT2D eigenvalue weighted by molar-refractivity contribution is -0.137. The van der Waals surface area contributed by atoms with E-state index in [9.17, 15) is 14.9 Å². The van der Waals surface area contributed by atoms with Crippen LogP contribution in [0.5, 0.6) is 0 Å². The third kappa shape index (κ3) is 2.21. The predicted molar refractivity (Wildman–Crippen MR) is 114 cm³/mol. The Morgan fingerprint density at radius 2 is 1.87 bits per heavy atom. The lowest BCUT2D eigenvalue weighted by atomic mass is 9.67. The number of anilines is 2. The lowest BCUT2D eigenvalue weighted by Crippen LogP contribution is -2.50. The van der Waals surface area contributed by atoms with Gasteiger partial charge in [0.1, 0.15) is 23.9 Å². The van der Waals surface area contributed by atoms with Crippen LogP contribution in [0, 0.1) is 11.3 Å². The van der Waals surface area contributed by atoms with Crippen LogP contribution in [0.15, 0.2) is 89.9 Å². The van der Waals surface area contributed by atoms with Crippen LogP contribution in [0.2, 0.25) is 0 Å². The number of nitriles is 1. The minimum Gasteiger partial charge on any atom is -0.456 e. The first kappa shape index (κ1) is 18.7. The van der Waals surface area contributed by atoms with Crippen molar-refractivity contribution in [1.82, 2.24) is 0 Å². The van der Waals surface area contributed by atoms with Gasteiger partial charge in [0.2, 0.25) is 5.91 Å². The van der Waals surface area contributed by atoms with E-state index in [2.05, 4.69) is 12.6 Å². The highest BCUT2D eigenvalue weighted by Crippen LogP contribution is 2.56. The largest absolute Gasteiger partial charge is 0.456 e. The van der Waals surface area contributed by atoms with Crippen LogP contribution in [-0.4, -0.2) is 25.0 Å². The number of para-hydroxylation sites is 2. The molecule has 0 fully saturated rings. The van der Waals surface area contributed by atoms with E-state index in [0.717, 1.165) is 0 Å². The van der Waals surface area contributed by atoms with Gasteiger partial charge < -0.3 is 15.4 Å². The third-order valence-electron chi connectivity index (χ3n) is 5.95. The van der Waals surface area contributed by atoms with Gasteiger partial charge in [-0.2, -0.15) is 5.26 Å². The molecule has 3 heterocycles. The molecule has 5 rings (SSSR count). The predicted octanol–water partition coefficient (Wildman–Crippen LogP) is 2.48. The molecule has 0 unspecified atom stereocenters. The molecule has 0 aromatic heterocycles. The number of esters is 1. The standard InChI is InChI=1S/C24H18N4O3/c1-2-12-27-18-11-7-6-10-16(18)24(23(27)30)17(13-25)21(26)28(15-8-4-3-5-9-15)19-14-31-22(29)20(19)24/h2-11H,1,12,14,26H2/t24-/m1/s1. The highest BCUT2D eigenvalue weighted by molar-refractivity contribution is 6.20. The molecule has 1 atom stereocenters. The zero-order valence-electron chi connectivity index (χ0n) is 16.5. The van der Waals surface area contributed by atoms with Crippen LogP contribution in [0.1, 0.15) is 5.56 Å². The number of nitrogens with zero attached hydrogens (tertiary/aromatic N) is 3. The van der Waals surface area contributed by atoms with Gasteiger partial charge in [-0.3, -0.25) is 9.69 Å². The summed E-state index contributed by atoms with van der Waals surface area (Å²) in [6.45, 7) is 3.94. The van der Waals surface area contributed by atoms with Gasteiger partial charge in [0.05, 0.1) is 16.8 Å². The Kier molecular flexibility index (Phi) is 3.99. The van der Waals surface area contributed by atoms with Crippen LogP contribution in [0.4, 0.5) is 11.4 Å². The number of fused-ring (bicyclic) bond motifs is 3. The number of hydrogen-bond acceptors (Lipinski definition) is 6. The molecule has 1 amide bonds. The number of nitrogens with two attached hydrogens (primary N) is 1. The molecule has 2 aromatic rings. The Labute approximate surface area is 178 Å². The Bertz CT molecular complexity index is 1260. The van der Waals surface area contributed by atoms with Crippen molar-refractivity contribution in [2.24, 2.45) is 5.73 Å². The highest BCUT2D eigenvalue weighted by atomic mass is 16.5. The van der Waals surface area contributed by atoms with E-state index in [1.54, 1.807) is 29.2 Å². The summed E-state index contributed by atoms with van der Waals surface area (Å²) in [7, 11) is 0. The Balaban J connectivity index is 1.88. The average molecular weight is 410 g/mol. The Hall–Kier alpha value is -4.31. The molecular weight excluding hydrogens is 392 g/mol. The fraction of sp³-hybridized carbons (Fsp3) is 0.125. The van der Waals surface area contributed by atoms with Crippen LogP contribution in [0.25, 0.3) is 0 Å².